The minimum absolute atomic E-state index is 0.0771. The van der Waals surface area contributed by atoms with Crippen LogP contribution in [0, 0.1) is 17.0 Å². The topological polar surface area (TPSA) is 114 Å². The lowest BCUT2D eigenvalue weighted by molar-refractivity contribution is -0.384. The number of nitrogens with zero attached hydrogens (tertiary/aromatic N) is 2. The Balaban J connectivity index is 1.65. The molecule has 0 spiro atoms. The highest BCUT2D eigenvalue weighted by Crippen LogP contribution is 2.29. The Bertz CT molecular complexity index is 1100. The highest BCUT2D eigenvalue weighted by molar-refractivity contribution is 8.00. The third kappa shape index (κ3) is 6.12. The van der Waals surface area contributed by atoms with Gasteiger partial charge in [-0.05, 0) is 43.7 Å². The van der Waals surface area contributed by atoms with Gasteiger partial charge < -0.3 is 10.6 Å². The number of anilines is 2. The molecule has 0 aliphatic rings. The van der Waals surface area contributed by atoms with Gasteiger partial charge in [0.25, 0.3) is 11.6 Å². The molecule has 3 rings (SSSR count). The molecule has 0 radical (unpaired) electrons. The summed E-state index contributed by atoms with van der Waals surface area (Å²) in [5.41, 5.74) is 1.66. The molecule has 0 saturated heterocycles. The Labute approximate surface area is 187 Å². The van der Waals surface area contributed by atoms with Crippen molar-refractivity contribution in [3.05, 3.63) is 75.3 Å². The Morgan fingerprint density at radius 3 is 2.55 bits per heavy atom. The molecule has 0 aliphatic carbocycles. The molecule has 0 saturated carbocycles. The van der Waals surface area contributed by atoms with E-state index in [2.05, 4.69) is 15.6 Å². The maximum absolute atomic E-state index is 12.6. The zero-order valence-electron chi connectivity index (χ0n) is 16.8. The number of thiazole rings is 1. The van der Waals surface area contributed by atoms with E-state index in [1.165, 1.54) is 47.4 Å². The Morgan fingerprint density at radius 2 is 1.94 bits per heavy atom. The van der Waals surface area contributed by atoms with Gasteiger partial charge in [-0.3, -0.25) is 19.7 Å². The van der Waals surface area contributed by atoms with Gasteiger partial charge in [0.05, 0.1) is 15.9 Å². The maximum Gasteiger partial charge on any atom is 0.269 e. The van der Waals surface area contributed by atoms with Crippen LogP contribution >= 0.6 is 23.1 Å². The van der Waals surface area contributed by atoms with Gasteiger partial charge in [0, 0.05) is 33.7 Å². The van der Waals surface area contributed by atoms with Crippen LogP contribution in [0.4, 0.5) is 16.5 Å². The van der Waals surface area contributed by atoms with Crippen molar-refractivity contribution in [2.45, 2.75) is 30.4 Å². The molecule has 8 nitrogen and oxygen atoms in total. The van der Waals surface area contributed by atoms with Gasteiger partial charge in [0.1, 0.15) is 0 Å². The fraction of sp³-hybridized carbons (Fsp3) is 0.190. The Kier molecular flexibility index (Phi) is 7.37. The number of hydrogen-bond donors (Lipinski definition) is 2. The minimum Gasteiger partial charge on any atom is -0.322 e. The van der Waals surface area contributed by atoms with E-state index in [0.717, 1.165) is 10.6 Å². The number of aryl methyl sites for hydroxylation is 1. The van der Waals surface area contributed by atoms with Gasteiger partial charge in [-0.1, -0.05) is 13.0 Å². The summed E-state index contributed by atoms with van der Waals surface area (Å²) in [6.07, 6.45) is 0.625. The molecular formula is C21H20N4O4S2. The van der Waals surface area contributed by atoms with E-state index in [9.17, 15) is 19.7 Å². The second kappa shape index (κ2) is 10.2. The molecule has 1 atom stereocenters. The van der Waals surface area contributed by atoms with Gasteiger partial charge >= 0.3 is 0 Å². The third-order valence-corrected chi connectivity index (χ3v) is 6.46. The number of aromatic nitrogens is 1. The molecule has 160 valence electrons. The number of rotatable bonds is 8. The van der Waals surface area contributed by atoms with E-state index in [1.807, 2.05) is 25.3 Å². The van der Waals surface area contributed by atoms with Crippen molar-refractivity contribution in [3.8, 4) is 0 Å². The van der Waals surface area contributed by atoms with E-state index in [1.54, 1.807) is 18.2 Å². The van der Waals surface area contributed by atoms with Crippen LogP contribution in [0.1, 0.15) is 29.4 Å². The fourth-order valence-electron chi connectivity index (χ4n) is 2.67. The summed E-state index contributed by atoms with van der Waals surface area (Å²) in [5, 5.41) is 18.5. The number of benzene rings is 2. The molecule has 31 heavy (non-hydrogen) atoms. The zero-order chi connectivity index (χ0) is 22.4. The van der Waals surface area contributed by atoms with E-state index in [4.69, 9.17) is 0 Å². The lowest BCUT2D eigenvalue weighted by atomic mass is 10.2. The summed E-state index contributed by atoms with van der Waals surface area (Å²) in [6, 6.07) is 12.6. The number of nitro groups is 1. The second-order valence-electron chi connectivity index (χ2n) is 6.58. The number of nitrogens with one attached hydrogen (secondary N) is 2. The number of hydrogen-bond acceptors (Lipinski definition) is 7. The summed E-state index contributed by atoms with van der Waals surface area (Å²) >= 11 is 2.79. The maximum atomic E-state index is 12.6. The monoisotopic (exact) mass is 456 g/mol. The van der Waals surface area contributed by atoms with Gasteiger partial charge in [-0.2, -0.15) is 0 Å². The van der Waals surface area contributed by atoms with Crippen LogP contribution in [-0.4, -0.2) is 27.0 Å². The Morgan fingerprint density at radius 1 is 1.19 bits per heavy atom. The molecular weight excluding hydrogens is 436 g/mol. The molecule has 0 aliphatic heterocycles. The first-order valence-electron chi connectivity index (χ1n) is 9.41. The van der Waals surface area contributed by atoms with Crippen molar-refractivity contribution in [2.75, 3.05) is 10.6 Å². The number of thioether (sulfide) groups is 1. The van der Waals surface area contributed by atoms with Crippen LogP contribution < -0.4 is 10.6 Å². The van der Waals surface area contributed by atoms with E-state index < -0.39 is 4.92 Å². The largest absolute Gasteiger partial charge is 0.322 e. The van der Waals surface area contributed by atoms with E-state index in [-0.39, 0.29) is 22.8 Å². The SMILES string of the molecule is CCC(Sc1cccc(NC(=O)c2ccc([N+](=O)[O-])cc2)c1)C(=O)Nc1nc(C)cs1. The molecule has 3 aromatic rings. The summed E-state index contributed by atoms with van der Waals surface area (Å²) in [6.45, 7) is 3.80. The molecule has 2 N–H and O–H groups in total. The molecule has 1 aromatic heterocycles. The molecule has 1 unspecified atom stereocenters. The minimum atomic E-state index is -0.516. The number of carbonyl (C=O) groups is 2. The predicted octanol–water partition coefficient (Wildman–Crippen LogP) is 5.12. The summed E-state index contributed by atoms with van der Waals surface area (Å²) in [7, 11) is 0. The summed E-state index contributed by atoms with van der Waals surface area (Å²) in [4.78, 5) is 40.4. The van der Waals surface area contributed by atoms with Crippen LogP contribution in [0.5, 0.6) is 0 Å². The molecule has 2 aromatic carbocycles. The summed E-state index contributed by atoms with van der Waals surface area (Å²) in [5.74, 6) is -0.497. The normalized spacial score (nSPS) is 11.5. The van der Waals surface area contributed by atoms with Gasteiger partial charge in [0.15, 0.2) is 5.13 Å². The van der Waals surface area contributed by atoms with Crippen molar-refractivity contribution in [1.82, 2.24) is 4.98 Å². The van der Waals surface area contributed by atoms with E-state index in [0.29, 0.717) is 22.8 Å². The van der Waals surface area contributed by atoms with Crippen LogP contribution in [0.2, 0.25) is 0 Å². The van der Waals surface area contributed by atoms with Crippen molar-refractivity contribution >= 4 is 51.4 Å². The van der Waals surface area contributed by atoms with Crippen molar-refractivity contribution in [1.29, 1.82) is 0 Å². The predicted molar refractivity (Wildman–Crippen MR) is 123 cm³/mol. The van der Waals surface area contributed by atoms with Crippen molar-refractivity contribution < 1.29 is 14.5 Å². The molecule has 1 heterocycles. The lowest BCUT2D eigenvalue weighted by Crippen LogP contribution is -2.24. The smallest absolute Gasteiger partial charge is 0.269 e. The highest BCUT2D eigenvalue weighted by Gasteiger charge is 2.19. The van der Waals surface area contributed by atoms with Gasteiger partial charge in [-0.25, -0.2) is 4.98 Å². The third-order valence-electron chi connectivity index (χ3n) is 4.22. The average Bonchev–Trinajstić information content (AvgIpc) is 3.16. The number of nitro benzene ring substituents is 1. The standard InChI is InChI=1S/C21H20N4O4S2/c1-3-18(20(27)24-21-22-13(2)12-30-21)31-17-6-4-5-15(11-17)23-19(26)14-7-9-16(10-8-14)25(28)29/h4-12,18H,3H2,1-2H3,(H,23,26)(H,22,24,27). The summed E-state index contributed by atoms with van der Waals surface area (Å²) < 4.78 is 0. The quantitative estimate of drug-likeness (QED) is 0.276. The number of non-ortho nitro benzene ring substituents is 1. The second-order valence-corrected chi connectivity index (χ2v) is 8.72. The highest BCUT2D eigenvalue weighted by atomic mass is 32.2. The van der Waals surface area contributed by atoms with Gasteiger partial charge in [-0.15, -0.1) is 23.1 Å². The van der Waals surface area contributed by atoms with E-state index >= 15 is 0 Å². The zero-order valence-corrected chi connectivity index (χ0v) is 18.5. The van der Waals surface area contributed by atoms with Gasteiger partial charge in [0.2, 0.25) is 5.91 Å². The molecule has 10 heteroatoms. The Hall–Kier alpha value is -3.24. The molecule has 2 amide bonds. The van der Waals surface area contributed by atoms with Crippen LogP contribution in [-0.2, 0) is 4.79 Å². The first-order chi connectivity index (χ1) is 14.9. The number of carbonyl (C=O) groups excluding carboxylic acids is 2. The molecule has 0 fully saturated rings. The van der Waals surface area contributed by atoms with Crippen molar-refractivity contribution in [3.63, 3.8) is 0 Å². The van der Waals surface area contributed by atoms with Crippen molar-refractivity contribution in [2.24, 2.45) is 0 Å². The fourth-order valence-corrected chi connectivity index (χ4v) is 4.37. The first kappa shape index (κ1) is 22.4. The average molecular weight is 457 g/mol. The lowest BCUT2D eigenvalue weighted by Gasteiger charge is -2.14. The van der Waals surface area contributed by atoms with Crippen LogP contribution in [0.3, 0.4) is 0 Å². The molecule has 0 bridgehead atoms. The first-order valence-corrected chi connectivity index (χ1v) is 11.2. The van der Waals surface area contributed by atoms with Crippen LogP contribution in [0.15, 0.2) is 58.8 Å². The number of amides is 2. The van der Waals surface area contributed by atoms with Crippen LogP contribution in [0.25, 0.3) is 0 Å².